The van der Waals surface area contributed by atoms with Crippen molar-refractivity contribution in [3.8, 4) is 11.8 Å². The van der Waals surface area contributed by atoms with Crippen LogP contribution in [0.4, 0.5) is 18.9 Å². The van der Waals surface area contributed by atoms with E-state index in [0.717, 1.165) is 12.1 Å². The Kier molecular flexibility index (Phi) is 4.58. The Morgan fingerprint density at radius 3 is 2.56 bits per heavy atom. The van der Waals surface area contributed by atoms with Crippen molar-refractivity contribution < 1.29 is 21.6 Å². The number of rotatable bonds is 3. The fourth-order valence-electron chi connectivity index (χ4n) is 1.04. The molecule has 4 nitrogen and oxygen atoms in total. The van der Waals surface area contributed by atoms with E-state index >= 15 is 0 Å². The van der Waals surface area contributed by atoms with Gasteiger partial charge in [0.2, 0.25) is 0 Å². The fraction of sp³-hybridized carbons (Fsp3) is 0.200. The predicted octanol–water partition coefficient (Wildman–Crippen LogP) is 1.10. The van der Waals surface area contributed by atoms with Gasteiger partial charge < -0.3 is 5.73 Å². The van der Waals surface area contributed by atoms with E-state index in [1.807, 2.05) is 0 Å². The monoisotopic (exact) mass is 278 g/mol. The second-order valence-corrected chi connectivity index (χ2v) is 4.76. The second kappa shape index (κ2) is 5.75. The number of sulfonamides is 1. The van der Waals surface area contributed by atoms with Crippen molar-refractivity contribution in [3.05, 3.63) is 29.6 Å². The molecule has 1 aromatic carbocycles. The van der Waals surface area contributed by atoms with Crippen molar-refractivity contribution in [2.45, 2.75) is 5.76 Å². The zero-order valence-electron chi connectivity index (χ0n) is 8.95. The van der Waals surface area contributed by atoms with Crippen molar-refractivity contribution in [2.24, 2.45) is 5.73 Å². The lowest BCUT2D eigenvalue weighted by Gasteiger charge is -2.07. The quantitative estimate of drug-likeness (QED) is 0.813. The first kappa shape index (κ1) is 14.3. The molecular formula is C10H9F3N2O2S. The van der Waals surface area contributed by atoms with Gasteiger partial charge in [-0.15, -0.1) is 0 Å². The molecular weight excluding hydrogens is 269 g/mol. The van der Waals surface area contributed by atoms with Gasteiger partial charge in [-0.25, -0.2) is 12.8 Å². The Morgan fingerprint density at radius 2 is 2.06 bits per heavy atom. The lowest BCUT2D eigenvalue weighted by Crippen LogP contribution is -2.20. The van der Waals surface area contributed by atoms with Crippen LogP contribution < -0.4 is 10.5 Å². The first-order chi connectivity index (χ1) is 8.36. The standard InChI is InChI=1S/C10H9F3N2O2S/c11-9-6-8(15-18(16,17)10(12)13)4-3-7(9)2-1-5-14/h3-4,6,10,15H,5,14H2. The van der Waals surface area contributed by atoms with E-state index in [4.69, 9.17) is 5.73 Å². The van der Waals surface area contributed by atoms with Crippen LogP contribution in [-0.4, -0.2) is 20.7 Å². The molecule has 8 heteroatoms. The Balaban J connectivity index is 2.99. The normalized spacial score (nSPS) is 10.9. The van der Waals surface area contributed by atoms with Crippen LogP contribution in [0.1, 0.15) is 5.56 Å². The van der Waals surface area contributed by atoms with Crippen LogP contribution >= 0.6 is 0 Å². The summed E-state index contributed by atoms with van der Waals surface area (Å²) in [5, 5.41) is 0. The number of nitrogens with two attached hydrogens (primary N) is 1. The highest BCUT2D eigenvalue weighted by atomic mass is 32.2. The zero-order chi connectivity index (χ0) is 13.8. The van der Waals surface area contributed by atoms with Crippen LogP contribution in [-0.2, 0) is 10.0 Å². The van der Waals surface area contributed by atoms with Crippen molar-refractivity contribution in [3.63, 3.8) is 0 Å². The molecule has 0 spiro atoms. The highest BCUT2D eigenvalue weighted by Gasteiger charge is 2.23. The second-order valence-electron chi connectivity index (χ2n) is 3.11. The van der Waals surface area contributed by atoms with Gasteiger partial charge in [0.1, 0.15) is 5.82 Å². The molecule has 0 unspecified atom stereocenters. The molecule has 0 heterocycles. The van der Waals surface area contributed by atoms with Crippen LogP contribution in [0.2, 0.25) is 0 Å². The number of benzene rings is 1. The number of hydrogen-bond donors (Lipinski definition) is 2. The van der Waals surface area contributed by atoms with Gasteiger partial charge in [0.05, 0.1) is 17.8 Å². The summed E-state index contributed by atoms with van der Waals surface area (Å²) < 4.78 is 60.7. The average molecular weight is 278 g/mol. The van der Waals surface area contributed by atoms with Crippen LogP contribution in [0.25, 0.3) is 0 Å². The molecule has 0 amide bonds. The van der Waals surface area contributed by atoms with Crippen LogP contribution in [0.3, 0.4) is 0 Å². The molecule has 0 aliphatic heterocycles. The van der Waals surface area contributed by atoms with Crippen LogP contribution in [0, 0.1) is 17.7 Å². The summed E-state index contributed by atoms with van der Waals surface area (Å²) in [5.74, 6) is 0.406. The van der Waals surface area contributed by atoms with Gasteiger partial charge in [0, 0.05) is 0 Å². The molecule has 0 bridgehead atoms. The Labute approximate surface area is 102 Å². The molecule has 98 valence electrons. The summed E-state index contributed by atoms with van der Waals surface area (Å²) in [6, 6.07) is 3.06. The summed E-state index contributed by atoms with van der Waals surface area (Å²) in [6.45, 7) is 0.0409. The van der Waals surface area contributed by atoms with Gasteiger partial charge in [-0.3, -0.25) is 4.72 Å². The van der Waals surface area contributed by atoms with E-state index in [1.165, 1.54) is 6.07 Å². The van der Waals surface area contributed by atoms with Gasteiger partial charge >= 0.3 is 5.76 Å². The Hall–Kier alpha value is -1.72. The van der Waals surface area contributed by atoms with Crippen LogP contribution in [0.15, 0.2) is 18.2 Å². The van der Waals surface area contributed by atoms with E-state index < -0.39 is 21.6 Å². The number of nitrogens with one attached hydrogen (secondary N) is 1. The summed E-state index contributed by atoms with van der Waals surface area (Å²) >= 11 is 0. The Bertz CT molecular complexity index is 591. The molecule has 0 aliphatic rings. The third kappa shape index (κ3) is 3.65. The van der Waals surface area contributed by atoms with Crippen molar-refractivity contribution in [1.82, 2.24) is 0 Å². The average Bonchev–Trinajstić information content (AvgIpc) is 2.27. The first-order valence-corrected chi connectivity index (χ1v) is 6.19. The first-order valence-electron chi connectivity index (χ1n) is 4.65. The van der Waals surface area contributed by atoms with E-state index in [-0.39, 0.29) is 17.8 Å². The molecule has 18 heavy (non-hydrogen) atoms. The van der Waals surface area contributed by atoms with Crippen molar-refractivity contribution in [2.75, 3.05) is 11.3 Å². The maximum atomic E-state index is 13.4. The van der Waals surface area contributed by atoms with Gasteiger partial charge in [0.15, 0.2) is 0 Å². The minimum Gasteiger partial charge on any atom is -0.320 e. The van der Waals surface area contributed by atoms with Crippen LogP contribution in [0.5, 0.6) is 0 Å². The summed E-state index contributed by atoms with van der Waals surface area (Å²) in [6.07, 6.45) is 0. The highest BCUT2D eigenvalue weighted by molar-refractivity contribution is 7.93. The maximum absolute atomic E-state index is 13.4. The smallest absolute Gasteiger partial charge is 0.320 e. The molecule has 0 aliphatic carbocycles. The predicted molar refractivity (Wildman–Crippen MR) is 60.9 cm³/mol. The third-order valence-electron chi connectivity index (χ3n) is 1.79. The van der Waals surface area contributed by atoms with Gasteiger partial charge in [-0.2, -0.15) is 8.78 Å². The minimum absolute atomic E-state index is 0.000412. The van der Waals surface area contributed by atoms with Gasteiger partial charge in [-0.1, -0.05) is 11.8 Å². The number of alkyl halides is 2. The van der Waals surface area contributed by atoms with Gasteiger partial charge in [-0.05, 0) is 18.2 Å². The molecule has 0 saturated heterocycles. The minimum atomic E-state index is -4.80. The lowest BCUT2D eigenvalue weighted by molar-refractivity contribution is 0.236. The van der Waals surface area contributed by atoms with E-state index in [9.17, 15) is 21.6 Å². The van der Waals surface area contributed by atoms with E-state index in [0.29, 0.717) is 0 Å². The molecule has 0 saturated carbocycles. The van der Waals surface area contributed by atoms with E-state index in [1.54, 1.807) is 4.72 Å². The fourth-order valence-corrected chi connectivity index (χ4v) is 1.58. The third-order valence-corrected chi connectivity index (χ3v) is 2.78. The van der Waals surface area contributed by atoms with E-state index in [2.05, 4.69) is 11.8 Å². The van der Waals surface area contributed by atoms with Crippen molar-refractivity contribution >= 4 is 15.7 Å². The molecule has 0 atom stereocenters. The number of anilines is 1. The highest BCUT2D eigenvalue weighted by Crippen LogP contribution is 2.17. The van der Waals surface area contributed by atoms with Crippen molar-refractivity contribution in [1.29, 1.82) is 0 Å². The summed E-state index contributed by atoms with van der Waals surface area (Å²) in [5.41, 5.74) is 4.80. The molecule has 0 radical (unpaired) electrons. The molecule has 3 N–H and O–H groups in total. The topological polar surface area (TPSA) is 72.2 Å². The number of halogens is 3. The zero-order valence-corrected chi connectivity index (χ0v) is 9.77. The maximum Gasteiger partial charge on any atom is 0.355 e. The molecule has 1 rings (SSSR count). The van der Waals surface area contributed by atoms with Gasteiger partial charge in [0.25, 0.3) is 10.0 Å². The SMILES string of the molecule is NCC#Cc1ccc(NS(=O)(=O)C(F)F)cc1F. The number of hydrogen-bond acceptors (Lipinski definition) is 3. The molecule has 0 aromatic heterocycles. The molecule has 1 aromatic rings. The lowest BCUT2D eigenvalue weighted by atomic mass is 10.2. The summed E-state index contributed by atoms with van der Waals surface area (Å²) in [7, 11) is -4.80. The Morgan fingerprint density at radius 1 is 1.39 bits per heavy atom. The largest absolute Gasteiger partial charge is 0.355 e. The summed E-state index contributed by atoms with van der Waals surface area (Å²) in [4.78, 5) is 0. The molecule has 0 fully saturated rings.